The van der Waals surface area contributed by atoms with Gasteiger partial charge in [0.15, 0.2) is 0 Å². The van der Waals surface area contributed by atoms with Crippen LogP contribution in [0.2, 0.25) is 5.02 Å². The first-order valence-electron chi connectivity index (χ1n) is 4.47. The summed E-state index contributed by atoms with van der Waals surface area (Å²) in [6, 6.07) is 5.00. The molecule has 0 atom stereocenters. The lowest BCUT2D eigenvalue weighted by Crippen LogP contribution is -2.08. The van der Waals surface area contributed by atoms with E-state index in [-0.39, 0.29) is 0 Å². The second-order valence-electron chi connectivity index (χ2n) is 3.12. The van der Waals surface area contributed by atoms with Crippen LogP contribution in [0.25, 0.3) is 0 Å². The zero-order valence-corrected chi connectivity index (χ0v) is 9.28. The minimum absolute atomic E-state index is 0.496. The molecule has 84 valence electrons. The second kappa shape index (κ2) is 5.32. The smallest absolute Gasteiger partial charge is 0.328 e. The lowest BCUT2D eigenvalue weighted by molar-refractivity contribution is -0.131. The highest BCUT2D eigenvalue weighted by Gasteiger charge is 2.01. The second-order valence-corrected chi connectivity index (χ2v) is 3.53. The van der Waals surface area contributed by atoms with Gasteiger partial charge >= 0.3 is 5.97 Å². The molecule has 0 aliphatic carbocycles. The van der Waals surface area contributed by atoms with Gasteiger partial charge in [0.25, 0.3) is 0 Å². The number of anilines is 1. The number of hydrogen-bond donors (Lipinski definition) is 2. The number of carbonyl (C=O) groups excluding carboxylic acids is 1. The Morgan fingerprint density at radius 1 is 1.38 bits per heavy atom. The van der Waals surface area contributed by atoms with Crippen molar-refractivity contribution in [3.05, 3.63) is 40.9 Å². The van der Waals surface area contributed by atoms with Crippen LogP contribution in [0.5, 0.6) is 0 Å². The van der Waals surface area contributed by atoms with Crippen LogP contribution in [-0.4, -0.2) is 17.0 Å². The number of aliphatic carboxylic acids is 1. The van der Waals surface area contributed by atoms with Gasteiger partial charge < -0.3 is 10.4 Å². The Morgan fingerprint density at radius 3 is 2.62 bits per heavy atom. The number of benzene rings is 1. The third kappa shape index (κ3) is 3.74. The van der Waals surface area contributed by atoms with Gasteiger partial charge in [-0.25, -0.2) is 4.79 Å². The number of carboxylic acid groups (broad SMARTS) is 1. The fourth-order valence-corrected chi connectivity index (χ4v) is 1.17. The van der Waals surface area contributed by atoms with Gasteiger partial charge in [0.2, 0.25) is 5.91 Å². The molecule has 2 N–H and O–H groups in total. The van der Waals surface area contributed by atoms with Crippen molar-refractivity contribution in [2.75, 3.05) is 5.32 Å². The third-order valence-electron chi connectivity index (χ3n) is 1.80. The number of rotatable bonds is 3. The Bertz CT molecular complexity index is 455. The molecule has 1 aromatic carbocycles. The van der Waals surface area contributed by atoms with Crippen molar-refractivity contribution in [1.29, 1.82) is 0 Å². The molecule has 1 amide bonds. The zero-order valence-electron chi connectivity index (χ0n) is 8.53. The molecule has 0 saturated carbocycles. The van der Waals surface area contributed by atoms with Crippen LogP contribution in [0.1, 0.15) is 5.56 Å². The zero-order chi connectivity index (χ0) is 12.1. The minimum atomic E-state index is -1.16. The van der Waals surface area contributed by atoms with E-state index in [1.54, 1.807) is 18.2 Å². The molecule has 5 heteroatoms. The summed E-state index contributed by atoms with van der Waals surface area (Å²) < 4.78 is 0. The highest BCUT2D eigenvalue weighted by Crippen LogP contribution is 2.19. The van der Waals surface area contributed by atoms with E-state index < -0.39 is 11.9 Å². The standard InChI is InChI=1S/C11H10ClNO3/c1-7-6-8(2-3-9(7)12)13-10(14)4-5-11(15)16/h2-6H,1H3,(H,13,14)(H,15,16)/b5-4+. The molecule has 0 radical (unpaired) electrons. The Hall–Kier alpha value is -1.81. The molecule has 0 saturated heterocycles. The summed E-state index contributed by atoms with van der Waals surface area (Å²) >= 11 is 5.82. The maximum atomic E-state index is 11.2. The van der Waals surface area contributed by atoms with E-state index in [1.807, 2.05) is 6.92 Å². The van der Waals surface area contributed by atoms with Gasteiger partial charge in [-0.3, -0.25) is 4.79 Å². The lowest BCUT2D eigenvalue weighted by Gasteiger charge is -2.04. The molecule has 0 fully saturated rings. The first-order chi connectivity index (χ1) is 7.49. The monoisotopic (exact) mass is 239 g/mol. The van der Waals surface area contributed by atoms with E-state index in [2.05, 4.69) is 5.32 Å². The van der Waals surface area contributed by atoms with E-state index >= 15 is 0 Å². The van der Waals surface area contributed by atoms with Crippen LogP contribution in [-0.2, 0) is 9.59 Å². The van der Waals surface area contributed by atoms with Crippen LogP contribution in [0.3, 0.4) is 0 Å². The van der Waals surface area contributed by atoms with Crippen LogP contribution < -0.4 is 5.32 Å². The summed E-state index contributed by atoms with van der Waals surface area (Å²) in [5, 5.41) is 11.5. The van der Waals surface area contributed by atoms with Crippen molar-refractivity contribution in [2.24, 2.45) is 0 Å². The number of carboxylic acids is 1. The molecule has 0 bridgehead atoms. The van der Waals surface area contributed by atoms with E-state index in [9.17, 15) is 9.59 Å². The fraction of sp³-hybridized carbons (Fsp3) is 0.0909. The molecule has 0 aliphatic rings. The average Bonchev–Trinajstić information content (AvgIpc) is 2.21. The largest absolute Gasteiger partial charge is 0.478 e. The van der Waals surface area contributed by atoms with Gasteiger partial charge in [-0.1, -0.05) is 11.6 Å². The van der Waals surface area contributed by atoms with Crippen LogP contribution >= 0.6 is 11.6 Å². The number of nitrogens with one attached hydrogen (secondary N) is 1. The molecule has 0 unspecified atom stereocenters. The van der Waals surface area contributed by atoms with Crippen LogP contribution in [0, 0.1) is 6.92 Å². The fourth-order valence-electron chi connectivity index (χ4n) is 1.05. The number of aryl methyl sites for hydroxylation is 1. The molecule has 0 aromatic heterocycles. The van der Waals surface area contributed by atoms with Crippen LogP contribution in [0.4, 0.5) is 5.69 Å². The molecule has 1 rings (SSSR count). The molecule has 0 spiro atoms. The highest BCUT2D eigenvalue weighted by molar-refractivity contribution is 6.31. The number of hydrogen-bond acceptors (Lipinski definition) is 2. The van der Waals surface area contributed by atoms with Crippen molar-refractivity contribution in [3.63, 3.8) is 0 Å². The predicted molar refractivity (Wildman–Crippen MR) is 61.6 cm³/mol. The Labute approximate surface area is 97.5 Å². The van der Waals surface area contributed by atoms with E-state index in [0.717, 1.165) is 17.7 Å². The summed E-state index contributed by atoms with van der Waals surface area (Å²) in [5.74, 6) is -1.66. The molecule has 4 nitrogen and oxygen atoms in total. The molecule has 16 heavy (non-hydrogen) atoms. The van der Waals surface area contributed by atoms with Crippen molar-refractivity contribution in [2.45, 2.75) is 6.92 Å². The number of carbonyl (C=O) groups is 2. The number of amides is 1. The minimum Gasteiger partial charge on any atom is -0.478 e. The van der Waals surface area contributed by atoms with Gasteiger partial charge in [0.1, 0.15) is 0 Å². The number of halogens is 1. The quantitative estimate of drug-likeness (QED) is 0.795. The third-order valence-corrected chi connectivity index (χ3v) is 2.23. The molecule has 1 aromatic rings. The maximum Gasteiger partial charge on any atom is 0.328 e. The van der Waals surface area contributed by atoms with Crippen molar-refractivity contribution in [1.82, 2.24) is 0 Å². The first-order valence-corrected chi connectivity index (χ1v) is 4.85. The predicted octanol–water partition coefficient (Wildman–Crippen LogP) is 2.23. The summed E-state index contributed by atoms with van der Waals surface area (Å²) in [7, 11) is 0. The Morgan fingerprint density at radius 2 is 2.06 bits per heavy atom. The van der Waals surface area contributed by atoms with Gasteiger partial charge in [-0.2, -0.15) is 0 Å². The summed E-state index contributed by atoms with van der Waals surface area (Å²) in [6.07, 6.45) is 1.73. The average molecular weight is 240 g/mol. The van der Waals surface area contributed by atoms with E-state index in [4.69, 9.17) is 16.7 Å². The highest BCUT2D eigenvalue weighted by atomic mass is 35.5. The first kappa shape index (κ1) is 12.3. The molecule has 0 heterocycles. The van der Waals surface area contributed by atoms with E-state index in [0.29, 0.717) is 10.7 Å². The summed E-state index contributed by atoms with van der Waals surface area (Å²) in [4.78, 5) is 21.4. The van der Waals surface area contributed by atoms with Crippen molar-refractivity contribution < 1.29 is 14.7 Å². The van der Waals surface area contributed by atoms with E-state index in [1.165, 1.54) is 0 Å². The topological polar surface area (TPSA) is 66.4 Å². The SMILES string of the molecule is Cc1cc(NC(=O)/C=C/C(=O)O)ccc1Cl. The normalized spacial score (nSPS) is 10.4. The van der Waals surface area contributed by atoms with Crippen molar-refractivity contribution in [3.8, 4) is 0 Å². The maximum absolute atomic E-state index is 11.2. The van der Waals surface area contributed by atoms with Gasteiger partial charge in [0, 0.05) is 22.9 Å². The van der Waals surface area contributed by atoms with Gasteiger partial charge in [-0.05, 0) is 30.7 Å². The lowest BCUT2D eigenvalue weighted by atomic mass is 10.2. The summed E-state index contributed by atoms with van der Waals surface area (Å²) in [6.45, 7) is 1.81. The van der Waals surface area contributed by atoms with Crippen LogP contribution in [0.15, 0.2) is 30.4 Å². The Balaban J connectivity index is 2.70. The van der Waals surface area contributed by atoms with Crippen molar-refractivity contribution >= 4 is 29.2 Å². The van der Waals surface area contributed by atoms with Gasteiger partial charge in [-0.15, -0.1) is 0 Å². The molecular formula is C11H10ClNO3. The van der Waals surface area contributed by atoms with Gasteiger partial charge in [0.05, 0.1) is 0 Å². The molecule has 0 aliphatic heterocycles. The molecular weight excluding hydrogens is 230 g/mol. The Kier molecular flexibility index (Phi) is 4.08. The summed E-state index contributed by atoms with van der Waals surface area (Å²) in [5.41, 5.74) is 1.41.